The average Bonchev–Trinajstić information content (AvgIpc) is 2.70. The molecule has 1 nitrogen and oxygen atoms in total. The van der Waals surface area contributed by atoms with E-state index in [0.717, 1.165) is 17.1 Å². The van der Waals surface area contributed by atoms with Crippen LogP contribution in [0.25, 0.3) is 10.6 Å². The molecular weight excluding hydrogens is 222 g/mol. The van der Waals surface area contributed by atoms with Gasteiger partial charge in [0.05, 0.1) is 15.6 Å². The first-order valence-electron chi connectivity index (χ1n) is 3.94. The van der Waals surface area contributed by atoms with Gasteiger partial charge in [0, 0.05) is 17.7 Å². The Morgan fingerprint density at radius 2 is 2.31 bits per heavy atom. The Balaban J connectivity index is 2.23. The fourth-order valence-corrected chi connectivity index (χ4v) is 2.89. The third-order valence-electron chi connectivity index (χ3n) is 1.63. The number of halogens is 1. The SMILES string of the molecule is ClCCc1nc(-c2cccs2)cs1. The van der Waals surface area contributed by atoms with E-state index in [2.05, 4.69) is 21.8 Å². The Labute approximate surface area is 90.0 Å². The lowest BCUT2D eigenvalue weighted by Crippen LogP contribution is -1.83. The van der Waals surface area contributed by atoms with Crippen LogP contribution in [0.1, 0.15) is 5.01 Å². The maximum Gasteiger partial charge on any atom is 0.0944 e. The quantitative estimate of drug-likeness (QED) is 0.733. The Morgan fingerprint density at radius 3 is 3.00 bits per heavy atom. The largest absolute Gasteiger partial charge is 0.240 e. The van der Waals surface area contributed by atoms with Gasteiger partial charge in [0.15, 0.2) is 0 Å². The highest BCUT2D eigenvalue weighted by Crippen LogP contribution is 2.26. The Bertz CT molecular complexity index is 367. The van der Waals surface area contributed by atoms with Crippen LogP contribution in [0, 0.1) is 0 Å². The van der Waals surface area contributed by atoms with Crippen molar-refractivity contribution in [2.24, 2.45) is 0 Å². The van der Waals surface area contributed by atoms with Gasteiger partial charge in [0.2, 0.25) is 0 Å². The monoisotopic (exact) mass is 229 g/mol. The zero-order chi connectivity index (χ0) is 9.10. The lowest BCUT2D eigenvalue weighted by Gasteiger charge is -1.88. The molecule has 0 radical (unpaired) electrons. The summed E-state index contributed by atoms with van der Waals surface area (Å²) in [4.78, 5) is 5.72. The molecule has 13 heavy (non-hydrogen) atoms. The first-order chi connectivity index (χ1) is 6.40. The van der Waals surface area contributed by atoms with Crippen LogP contribution < -0.4 is 0 Å². The molecule has 0 amide bonds. The second-order valence-electron chi connectivity index (χ2n) is 2.54. The molecule has 0 bridgehead atoms. The van der Waals surface area contributed by atoms with Crippen LogP contribution in [-0.4, -0.2) is 10.9 Å². The molecule has 0 spiro atoms. The molecule has 68 valence electrons. The first-order valence-corrected chi connectivity index (χ1v) is 6.24. The summed E-state index contributed by atoms with van der Waals surface area (Å²) in [6, 6.07) is 4.13. The summed E-state index contributed by atoms with van der Waals surface area (Å²) in [5, 5.41) is 5.28. The maximum absolute atomic E-state index is 5.64. The number of aryl methyl sites for hydroxylation is 1. The topological polar surface area (TPSA) is 12.9 Å². The van der Waals surface area contributed by atoms with Crippen LogP contribution in [0.4, 0.5) is 0 Å². The van der Waals surface area contributed by atoms with Gasteiger partial charge in [0.1, 0.15) is 0 Å². The van der Waals surface area contributed by atoms with Crippen molar-refractivity contribution in [3.8, 4) is 10.6 Å². The second-order valence-corrected chi connectivity index (χ2v) is 4.81. The Morgan fingerprint density at radius 1 is 1.38 bits per heavy atom. The lowest BCUT2D eigenvalue weighted by atomic mass is 10.4. The fraction of sp³-hybridized carbons (Fsp3) is 0.222. The highest BCUT2D eigenvalue weighted by molar-refractivity contribution is 7.14. The molecule has 0 aliphatic rings. The minimum atomic E-state index is 0.650. The van der Waals surface area contributed by atoms with Crippen molar-refractivity contribution in [2.75, 3.05) is 5.88 Å². The molecule has 0 atom stereocenters. The minimum Gasteiger partial charge on any atom is -0.240 e. The summed E-state index contributed by atoms with van der Waals surface area (Å²) in [5.41, 5.74) is 1.08. The van der Waals surface area contributed by atoms with Gasteiger partial charge in [-0.15, -0.1) is 34.3 Å². The third kappa shape index (κ3) is 2.10. The molecule has 4 heteroatoms. The van der Waals surface area contributed by atoms with Crippen LogP contribution in [0.5, 0.6) is 0 Å². The van der Waals surface area contributed by atoms with Crippen molar-refractivity contribution in [1.82, 2.24) is 4.98 Å². The number of thiophene rings is 1. The van der Waals surface area contributed by atoms with E-state index in [1.54, 1.807) is 22.7 Å². The molecule has 0 saturated carbocycles. The third-order valence-corrected chi connectivity index (χ3v) is 3.62. The molecule has 0 N–H and O–H groups in total. The van der Waals surface area contributed by atoms with E-state index >= 15 is 0 Å². The van der Waals surface area contributed by atoms with Crippen LogP contribution >= 0.6 is 34.3 Å². The molecular formula is C9H8ClNS2. The van der Waals surface area contributed by atoms with Crippen LogP contribution in [-0.2, 0) is 6.42 Å². The number of aromatic nitrogens is 1. The first kappa shape index (κ1) is 9.19. The van der Waals surface area contributed by atoms with Crippen LogP contribution in [0.2, 0.25) is 0 Å². The van der Waals surface area contributed by atoms with E-state index in [0.29, 0.717) is 5.88 Å². The van der Waals surface area contributed by atoms with Crippen molar-refractivity contribution < 1.29 is 0 Å². The summed E-state index contributed by atoms with van der Waals surface area (Å²) in [6.45, 7) is 0. The highest BCUT2D eigenvalue weighted by Gasteiger charge is 2.03. The number of nitrogens with zero attached hydrogens (tertiary/aromatic N) is 1. The molecule has 2 aromatic rings. The van der Waals surface area contributed by atoms with E-state index in [-0.39, 0.29) is 0 Å². The van der Waals surface area contributed by atoms with Crippen molar-refractivity contribution in [1.29, 1.82) is 0 Å². The summed E-state index contributed by atoms with van der Waals surface area (Å²) < 4.78 is 0. The van der Waals surface area contributed by atoms with Gasteiger partial charge >= 0.3 is 0 Å². The van der Waals surface area contributed by atoms with Crippen molar-refractivity contribution in [3.63, 3.8) is 0 Å². The predicted octanol–water partition coefficient (Wildman–Crippen LogP) is 3.65. The smallest absolute Gasteiger partial charge is 0.0944 e. The number of rotatable bonds is 3. The number of alkyl halides is 1. The van der Waals surface area contributed by atoms with Crippen molar-refractivity contribution in [3.05, 3.63) is 27.9 Å². The molecule has 2 rings (SSSR count). The van der Waals surface area contributed by atoms with E-state index in [4.69, 9.17) is 11.6 Å². The van der Waals surface area contributed by atoms with Gasteiger partial charge in [-0.25, -0.2) is 4.98 Å². The van der Waals surface area contributed by atoms with Crippen LogP contribution in [0.3, 0.4) is 0 Å². The van der Waals surface area contributed by atoms with Gasteiger partial charge in [-0.2, -0.15) is 0 Å². The minimum absolute atomic E-state index is 0.650. The Kier molecular flexibility index (Phi) is 2.98. The second kappa shape index (κ2) is 4.22. The fourth-order valence-electron chi connectivity index (χ4n) is 1.04. The standard InChI is InChI=1S/C9H8ClNS2/c10-4-3-9-11-7(6-13-9)8-2-1-5-12-8/h1-2,5-6H,3-4H2. The van der Waals surface area contributed by atoms with Gasteiger partial charge in [-0.3, -0.25) is 0 Å². The summed E-state index contributed by atoms with van der Waals surface area (Å²) in [6.07, 6.45) is 0.873. The molecule has 2 aromatic heterocycles. The van der Waals surface area contributed by atoms with E-state index < -0.39 is 0 Å². The highest BCUT2D eigenvalue weighted by atomic mass is 35.5. The summed E-state index contributed by atoms with van der Waals surface area (Å²) in [7, 11) is 0. The molecule has 2 heterocycles. The Hall–Kier alpha value is -0.380. The maximum atomic E-state index is 5.64. The van der Waals surface area contributed by atoms with E-state index in [1.807, 2.05) is 6.07 Å². The van der Waals surface area contributed by atoms with Gasteiger partial charge in [-0.05, 0) is 11.4 Å². The zero-order valence-electron chi connectivity index (χ0n) is 6.87. The molecule has 0 aliphatic heterocycles. The molecule has 0 aromatic carbocycles. The molecule has 0 saturated heterocycles. The van der Waals surface area contributed by atoms with E-state index in [1.165, 1.54) is 4.88 Å². The summed E-state index contributed by atoms with van der Waals surface area (Å²) >= 11 is 9.04. The molecule has 0 fully saturated rings. The number of hydrogen-bond donors (Lipinski definition) is 0. The van der Waals surface area contributed by atoms with Gasteiger partial charge in [0.25, 0.3) is 0 Å². The number of thiazole rings is 1. The van der Waals surface area contributed by atoms with Gasteiger partial charge in [-0.1, -0.05) is 6.07 Å². The van der Waals surface area contributed by atoms with Gasteiger partial charge < -0.3 is 0 Å². The normalized spacial score (nSPS) is 10.5. The zero-order valence-corrected chi connectivity index (χ0v) is 9.25. The van der Waals surface area contributed by atoms with Crippen LogP contribution in [0.15, 0.2) is 22.9 Å². The molecule has 0 aliphatic carbocycles. The van der Waals surface area contributed by atoms with E-state index in [9.17, 15) is 0 Å². The predicted molar refractivity (Wildman–Crippen MR) is 59.9 cm³/mol. The molecule has 0 unspecified atom stereocenters. The summed E-state index contributed by atoms with van der Waals surface area (Å²) in [5.74, 6) is 0.650. The average molecular weight is 230 g/mol. The number of hydrogen-bond acceptors (Lipinski definition) is 3. The van der Waals surface area contributed by atoms with Crippen molar-refractivity contribution in [2.45, 2.75) is 6.42 Å². The lowest BCUT2D eigenvalue weighted by molar-refractivity contribution is 1.11. The van der Waals surface area contributed by atoms with Crippen molar-refractivity contribution >= 4 is 34.3 Å².